The van der Waals surface area contributed by atoms with Crippen LogP contribution in [0.1, 0.15) is 32.6 Å². The minimum Gasteiger partial charge on any atom is -0.478 e. The lowest BCUT2D eigenvalue weighted by Crippen LogP contribution is -2.01. The van der Waals surface area contributed by atoms with E-state index >= 15 is 0 Å². The predicted octanol–water partition coefficient (Wildman–Crippen LogP) is 4.47. The highest BCUT2D eigenvalue weighted by molar-refractivity contribution is 5.91. The summed E-state index contributed by atoms with van der Waals surface area (Å²) in [5.74, 6) is -1.11. The van der Waals surface area contributed by atoms with Crippen LogP contribution in [0, 0.1) is 33.5 Å². The molecule has 25 heavy (non-hydrogen) atoms. The van der Waals surface area contributed by atoms with E-state index in [0.717, 1.165) is 11.1 Å². The Kier molecular flexibility index (Phi) is 4.12. The first-order valence-electron chi connectivity index (χ1n) is 7.75. The van der Waals surface area contributed by atoms with Crippen molar-refractivity contribution in [3.05, 3.63) is 57.9 Å². The first-order valence-corrected chi connectivity index (χ1v) is 7.75. The minimum absolute atomic E-state index is 0.0805. The van der Waals surface area contributed by atoms with Crippen LogP contribution in [-0.4, -0.2) is 21.2 Å². The van der Waals surface area contributed by atoms with Crippen molar-refractivity contribution in [2.45, 2.75) is 27.7 Å². The number of hydrogen-bond acceptors (Lipinski definition) is 4. The van der Waals surface area contributed by atoms with Crippen molar-refractivity contribution in [1.29, 1.82) is 0 Å². The molecule has 0 aliphatic heterocycles. The molecule has 0 atom stereocenters. The number of carboxylic acids is 1. The SMILES string of the molecule is Cc1cc(C)c(F)c(-c2nc(-c3cccc(C(=O)O)c3C)no2)c1C. The Morgan fingerprint density at radius 2 is 1.84 bits per heavy atom. The van der Waals surface area contributed by atoms with Crippen LogP contribution < -0.4 is 0 Å². The molecule has 3 aromatic rings. The molecule has 1 heterocycles. The van der Waals surface area contributed by atoms with Crippen LogP contribution in [0.15, 0.2) is 28.8 Å². The van der Waals surface area contributed by atoms with Gasteiger partial charge in [0.25, 0.3) is 5.89 Å². The van der Waals surface area contributed by atoms with Crippen LogP contribution in [-0.2, 0) is 0 Å². The van der Waals surface area contributed by atoms with Gasteiger partial charge >= 0.3 is 5.97 Å². The second-order valence-corrected chi connectivity index (χ2v) is 6.03. The lowest BCUT2D eigenvalue weighted by molar-refractivity contribution is 0.0696. The van der Waals surface area contributed by atoms with Crippen LogP contribution in [0.5, 0.6) is 0 Å². The van der Waals surface area contributed by atoms with E-state index in [1.165, 1.54) is 6.07 Å². The predicted molar refractivity (Wildman–Crippen MR) is 91.0 cm³/mol. The smallest absolute Gasteiger partial charge is 0.335 e. The number of halogens is 1. The molecular weight excluding hydrogens is 323 g/mol. The summed E-state index contributed by atoms with van der Waals surface area (Å²) < 4.78 is 19.9. The fourth-order valence-electron chi connectivity index (χ4n) is 2.85. The number of aromatic nitrogens is 2. The van der Waals surface area contributed by atoms with Crippen molar-refractivity contribution >= 4 is 5.97 Å². The zero-order chi connectivity index (χ0) is 18.3. The van der Waals surface area contributed by atoms with Gasteiger partial charge in [-0.05, 0) is 56.0 Å². The Hall–Kier alpha value is -3.02. The van der Waals surface area contributed by atoms with Gasteiger partial charge in [0.15, 0.2) is 0 Å². The summed E-state index contributed by atoms with van der Waals surface area (Å²) in [5.41, 5.74) is 3.67. The Balaban J connectivity index is 2.15. The zero-order valence-corrected chi connectivity index (χ0v) is 14.3. The number of hydrogen-bond donors (Lipinski definition) is 1. The number of carboxylic acid groups (broad SMARTS) is 1. The molecule has 1 N–H and O–H groups in total. The topological polar surface area (TPSA) is 76.2 Å². The molecule has 0 aliphatic carbocycles. The summed E-state index contributed by atoms with van der Waals surface area (Å²) in [6.45, 7) is 7.05. The van der Waals surface area contributed by atoms with Gasteiger partial charge in [0.1, 0.15) is 5.82 Å². The lowest BCUT2D eigenvalue weighted by atomic mass is 9.99. The van der Waals surface area contributed by atoms with Gasteiger partial charge in [0, 0.05) is 5.56 Å². The van der Waals surface area contributed by atoms with E-state index in [4.69, 9.17) is 4.52 Å². The number of aryl methyl sites for hydroxylation is 2. The van der Waals surface area contributed by atoms with Crippen molar-refractivity contribution in [3.8, 4) is 22.8 Å². The third-order valence-electron chi connectivity index (χ3n) is 4.41. The lowest BCUT2D eigenvalue weighted by Gasteiger charge is -2.09. The van der Waals surface area contributed by atoms with Crippen molar-refractivity contribution in [2.24, 2.45) is 0 Å². The van der Waals surface area contributed by atoms with E-state index in [0.29, 0.717) is 16.7 Å². The number of aromatic carboxylic acids is 1. The highest BCUT2D eigenvalue weighted by atomic mass is 19.1. The van der Waals surface area contributed by atoms with Crippen molar-refractivity contribution < 1.29 is 18.8 Å². The average Bonchev–Trinajstić information content (AvgIpc) is 3.02. The summed E-state index contributed by atoms with van der Waals surface area (Å²) in [4.78, 5) is 15.6. The maximum absolute atomic E-state index is 14.6. The fourth-order valence-corrected chi connectivity index (χ4v) is 2.85. The van der Waals surface area contributed by atoms with E-state index in [1.54, 1.807) is 39.0 Å². The molecule has 0 bridgehead atoms. The largest absolute Gasteiger partial charge is 0.478 e. The van der Waals surface area contributed by atoms with Gasteiger partial charge in [0.05, 0.1) is 11.1 Å². The number of benzene rings is 2. The van der Waals surface area contributed by atoms with Gasteiger partial charge in [-0.25, -0.2) is 9.18 Å². The van der Waals surface area contributed by atoms with E-state index in [2.05, 4.69) is 10.1 Å². The van der Waals surface area contributed by atoms with Crippen molar-refractivity contribution in [1.82, 2.24) is 10.1 Å². The summed E-state index contributed by atoms with van der Waals surface area (Å²) >= 11 is 0. The molecule has 0 spiro atoms. The molecule has 5 nitrogen and oxygen atoms in total. The van der Waals surface area contributed by atoms with Crippen LogP contribution in [0.25, 0.3) is 22.8 Å². The summed E-state index contributed by atoms with van der Waals surface area (Å²) in [6.07, 6.45) is 0. The summed E-state index contributed by atoms with van der Waals surface area (Å²) in [7, 11) is 0. The molecule has 128 valence electrons. The van der Waals surface area contributed by atoms with E-state index < -0.39 is 11.8 Å². The van der Waals surface area contributed by atoms with E-state index in [1.807, 2.05) is 6.92 Å². The molecule has 0 aliphatic rings. The first-order chi connectivity index (χ1) is 11.8. The molecule has 0 unspecified atom stereocenters. The van der Waals surface area contributed by atoms with Crippen molar-refractivity contribution in [2.75, 3.05) is 0 Å². The first kappa shape index (κ1) is 16.8. The summed E-state index contributed by atoms with van der Waals surface area (Å²) in [6, 6.07) is 6.60. The van der Waals surface area contributed by atoms with E-state index in [-0.39, 0.29) is 22.8 Å². The molecule has 3 rings (SSSR count). The quantitative estimate of drug-likeness (QED) is 0.761. The van der Waals surface area contributed by atoms with Gasteiger partial charge in [-0.15, -0.1) is 0 Å². The monoisotopic (exact) mass is 340 g/mol. The second kappa shape index (κ2) is 6.12. The highest BCUT2D eigenvalue weighted by Gasteiger charge is 2.21. The number of nitrogens with zero attached hydrogens (tertiary/aromatic N) is 2. The minimum atomic E-state index is -1.03. The number of carbonyl (C=O) groups is 1. The maximum atomic E-state index is 14.6. The molecule has 1 aromatic heterocycles. The van der Waals surface area contributed by atoms with Gasteiger partial charge in [-0.2, -0.15) is 4.98 Å². The Bertz CT molecular complexity index is 966. The van der Waals surface area contributed by atoms with Gasteiger partial charge in [0.2, 0.25) is 5.82 Å². The van der Waals surface area contributed by atoms with E-state index in [9.17, 15) is 14.3 Å². The Morgan fingerprint density at radius 3 is 2.52 bits per heavy atom. The fraction of sp³-hybridized carbons (Fsp3) is 0.211. The summed E-state index contributed by atoms with van der Waals surface area (Å²) in [5, 5.41) is 13.2. The molecule has 0 saturated heterocycles. The third-order valence-corrected chi connectivity index (χ3v) is 4.41. The zero-order valence-electron chi connectivity index (χ0n) is 14.3. The van der Waals surface area contributed by atoms with Gasteiger partial charge < -0.3 is 9.63 Å². The Morgan fingerprint density at radius 1 is 1.12 bits per heavy atom. The molecule has 2 aromatic carbocycles. The van der Waals surface area contributed by atoms with Crippen molar-refractivity contribution in [3.63, 3.8) is 0 Å². The standard InChI is InChI=1S/C19H17FN2O3/c1-9-8-10(2)16(20)15(11(9)3)18-21-17(22-25-18)13-6-5-7-14(12(13)4)19(23)24/h5-8H,1-4H3,(H,23,24). The van der Waals surface area contributed by atoms with Gasteiger partial charge in [-0.1, -0.05) is 23.4 Å². The second-order valence-electron chi connectivity index (χ2n) is 6.03. The molecular formula is C19H17FN2O3. The average molecular weight is 340 g/mol. The highest BCUT2D eigenvalue weighted by Crippen LogP contribution is 2.32. The van der Waals surface area contributed by atoms with Crippen LogP contribution >= 0.6 is 0 Å². The van der Waals surface area contributed by atoms with Crippen LogP contribution in [0.3, 0.4) is 0 Å². The third kappa shape index (κ3) is 2.80. The molecule has 0 fully saturated rings. The normalized spacial score (nSPS) is 10.9. The molecule has 0 saturated carbocycles. The molecule has 0 radical (unpaired) electrons. The van der Waals surface area contributed by atoms with Crippen LogP contribution in [0.4, 0.5) is 4.39 Å². The van der Waals surface area contributed by atoms with Gasteiger partial charge in [-0.3, -0.25) is 0 Å². The number of rotatable bonds is 3. The molecule has 6 heteroatoms. The maximum Gasteiger partial charge on any atom is 0.335 e. The van der Waals surface area contributed by atoms with Crippen LogP contribution in [0.2, 0.25) is 0 Å². The molecule has 0 amide bonds. The Labute approximate surface area is 144 Å².